The van der Waals surface area contributed by atoms with Crippen molar-refractivity contribution in [3.63, 3.8) is 0 Å². The van der Waals surface area contributed by atoms with E-state index in [1.54, 1.807) is 7.11 Å². The van der Waals surface area contributed by atoms with E-state index in [0.717, 1.165) is 31.6 Å². The van der Waals surface area contributed by atoms with Crippen molar-refractivity contribution in [1.82, 2.24) is 25.1 Å². The quantitative estimate of drug-likeness (QED) is 0.218. The van der Waals surface area contributed by atoms with Crippen LogP contribution in [-0.2, 0) is 32.7 Å². The average Bonchev–Trinajstić information content (AvgIpc) is 3.48. The molecule has 40 heavy (non-hydrogen) atoms. The van der Waals surface area contributed by atoms with Gasteiger partial charge in [-0.3, -0.25) is 4.90 Å². The van der Waals surface area contributed by atoms with Crippen LogP contribution < -0.4 is 0 Å². The van der Waals surface area contributed by atoms with E-state index in [1.165, 1.54) is 11.1 Å². The number of hydrogen-bond acceptors (Lipinski definition) is 7. The van der Waals surface area contributed by atoms with Crippen LogP contribution in [0.4, 0.5) is 0 Å². The van der Waals surface area contributed by atoms with Gasteiger partial charge in [-0.2, -0.15) is 0 Å². The molecule has 0 spiro atoms. The molecule has 8 nitrogen and oxygen atoms in total. The van der Waals surface area contributed by atoms with Gasteiger partial charge in [-0.15, -0.1) is 5.10 Å². The summed E-state index contributed by atoms with van der Waals surface area (Å²) in [5, 5.41) is 13.2. The van der Waals surface area contributed by atoms with Crippen LogP contribution in [0.2, 0.25) is 18.1 Å². The highest BCUT2D eigenvalue weighted by Crippen LogP contribution is 2.58. The molecule has 5 rings (SSSR count). The van der Waals surface area contributed by atoms with Crippen molar-refractivity contribution in [1.29, 1.82) is 0 Å². The average molecular weight is 564 g/mol. The summed E-state index contributed by atoms with van der Waals surface area (Å²) in [6, 6.07) is 22.1. The van der Waals surface area contributed by atoms with Crippen LogP contribution in [0.1, 0.15) is 62.9 Å². The lowest BCUT2D eigenvalue weighted by atomic mass is 9.78. The second-order valence-corrected chi connectivity index (χ2v) is 17.5. The van der Waals surface area contributed by atoms with E-state index in [9.17, 15) is 0 Å². The van der Waals surface area contributed by atoms with Gasteiger partial charge >= 0.3 is 0 Å². The summed E-state index contributed by atoms with van der Waals surface area (Å²) in [5.41, 5.74) is 2.33. The Balaban J connectivity index is 1.59. The minimum Gasteiger partial charge on any atom is -0.412 e. The number of tetrazole rings is 1. The molecule has 2 fully saturated rings. The molecule has 0 radical (unpaired) electrons. The molecule has 1 unspecified atom stereocenters. The van der Waals surface area contributed by atoms with E-state index >= 15 is 0 Å². The normalized spacial score (nSPS) is 25.4. The van der Waals surface area contributed by atoms with Gasteiger partial charge in [0.1, 0.15) is 6.73 Å². The van der Waals surface area contributed by atoms with Gasteiger partial charge in [0.15, 0.2) is 14.1 Å². The molecule has 1 aromatic heterocycles. The van der Waals surface area contributed by atoms with Crippen LogP contribution in [0.15, 0.2) is 60.7 Å². The van der Waals surface area contributed by atoms with Gasteiger partial charge in [0, 0.05) is 25.6 Å². The van der Waals surface area contributed by atoms with Crippen molar-refractivity contribution in [3.05, 3.63) is 77.6 Å². The molecule has 0 aliphatic carbocycles. The van der Waals surface area contributed by atoms with Gasteiger partial charge in [0.2, 0.25) is 0 Å². The monoisotopic (exact) mass is 563 g/mol. The van der Waals surface area contributed by atoms with E-state index in [0.29, 0.717) is 19.9 Å². The minimum atomic E-state index is -2.06. The van der Waals surface area contributed by atoms with Crippen LogP contribution in [-0.4, -0.2) is 65.9 Å². The minimum absolute atomic E-state index is 0.0723. The first kappa shape index (κ1) is 29.1. The molecule has 4 atom stereocenters. The predicted molar refractivity (Wildman–Crippen MR) is 158 cm³/mol. The first-order valence-electron chi connectivity index (χ1n) is 14.5. The standard InChI is InChI=1S/C31H45N5O3Si/c1-30(2,3)40(5,6)39-28-18-17-27-26(29-32-33-34-36(29)23-38-20-19-37-4)21-31(28,25-15-11-8-12-16-25)35(27)22-24-13-9-7-10-14-24/h7-16,26-28H,17-23H2,1-6H3/t26-,27?,28+,31+/m0/s1. The van der Waals surface area contributed by atoms with Crippen molar-refractivity contribution in [2.45, 2.75) is 95.0 Å². The third-order valence-corrected chi connectivity index (χ3v) is 13.9. The highest BCUT2D eigenvalue weighted by Gasteiger charge is 2.62. The number of rotatable bonds is 11. The largest absolute Gasteiger partial charge is 0.412 e. The molecule has 3 heterocycles. The second kappa shape index (κ2) is 11.8. The Morgan fingerprint density at radius 3 is 2.35 bits per heavy atom. The Bertz CT molecular complexity index is 1230. The molecule has 0 N–H and O–H groups in total. The van der Waals surface area contributed by atoms with E-state index in [1.807, 2.05) is 4.68 Å². The molecule has 2 bridgehead atoms. The van der Waals surface area contributed by atoms with Crippen molar-refractivity contribution in [3.8, 4) is 0 Å². The van der Waals surface area contributed by atoms with Crippen molar-refractivity contribution < 1.29 is 13.9 Å². The van der Waals surface area contributed by atoms with Crippen LogP contribution in [0, 0.1) is 0 Å². The number of ether oxygens (including phenoxy) is 2. The fraction of sp³-hybridized carbons (Fsp3) is 0.581. The maximum atomic E-state index is 7.39. The summed E-state index contributed by atoms with van der Waals surface area (Å²) < 4.78 is 20.2. The van der Waals surface area contributed by atoms with E-state index < -0.39 is 8.32 Å². The SMILES string of the molecule is COCCOCn1nnnc1[C@H]1C[C@@]2(c3ccccc3)[C@H](O[Si](C)(C)C(C)(C)C)CCC1N2Cc1ccccc1. The number of piperidine rings is 1. The summed E-state index contributed by atoms with van der Waals surface area (Å²) >= 11 is 0. The molecule has 2 saturated heterocycles. The first-order chi connectivity index (χ1) is 19.2. The topological polar surface area (TPSA) is 74.5 Å². The number of fused-ring (bicyclic) bond motifs is 2. The number of methoxy groups -OCH3 is 1. The summed E-state index contributed by atoms with van der Waals surface area (Å²) in [4.78, 5) is 2.73. The van der Waals surface area contributed by atoms with E-state index in [2.05, 4.69) is 115 Å². The van der Waals surface area contributed by atoms with Crippen LogP contribution in [0.25, 0.3) is 0 Å². The van der Waals surface area contributed by atoms with Gasteiger partial charge in [-0.1, -0.05) is 81.4 Å². The third kappa shape index (κ3) is 5.54. The zero-order valence-corrected chi connectivity index (χ0v) is 25.9. The molecule has 9 heteroatoms. The highest BCUT2D eigenvalue weighted by molar-refractivity contribution is 6.74. The molecule has 2 aliphatic rings. The lowest BCUT2D eigenvalue weighted by molar-refractivity contribution is -0.0601. The maximum absolute atomic E-state index is 7.39. The zero-order valence-electron chi connectivity index (χ0n) is 24.9. The Hall–Kier alpha value is -2.43. The Morgan fingerprint density at radius 2 is 1.68 bits per heavy atom. The van der Waals surface area contributed by atoms with Gasteiger partial charge < -0.3 is 13.9 Å². The van der Waals surface area contributed by atoms with E-state index in [-0.39, 0.29) is 28.6 Å². The molecule has 2 aliphatic heterocycles. The Labute approximate surface area is 240 Å². The van der Waals surface area contributed by atoms with Crippen LogP contribution in [0.5, 0.6) is 0 Å². The van der Waals surface area contributed by atoms with Crippen molar-refractivity contribution in [2.24, 2.45) is 0 Å². The summed E-state index contributed by atoms with van der Waals surface area (Å²) in [6.45, 7) is 14.0. The molecule has 216 valence electrons. The number of nitrogens with zero attached hydrogens (tertiary/aromatic N) is 5. The fourth-order valence-electron chi connectivity index (χ4n) is 6.39. The smallest absolute Gasteiger partial charge is 0.192 e. The third-order valence-electron chi connectivity index (χ3n) is 9.41. The lowest BCUT2D eigenvalue weighted by Crippen LogP contribution is -2.60. The summed E-state index contributed by atoms with van der Waals surface area (Å²) in [6.07, 6.45) is 3.01. The molecular formula is C31H45N5O3Si. The van der Waals surface area contributed by atoms with Crippen molar-refractivity contribution in [2.75, 3.05) is 20.3 Å². The molecule has 0 saturated carbocycles. The van der Waals surface area contributed by atoms with E-state index in [4.69, 9.17) is 13.9 Å². The second-order valence-electron chi connectivity index (χ2n) is 12.8. The highest BCUT2D eigenvalue weighted by atomic mass is 28.4. The summed E-state index contributed by atoms with van der Waals surface area (Å²) in [7, 11) is -0.384. The number of aromatic nitrogens is 4. The molecule has 0 amide bonds. The summed E-state index contributed by atoms with van der Waals surface area (Å²) in [5.74, 6) is 1.05. The maximum Gasteiger partial charge on any atom is 0.192 e. The van der Waals surface area contributed by atoms with Gasteiger partial charge in [-0.25, -0.2) is 4.68 Å². The zero-order chi connectivity index (χ0) is 28.4. The van der Waals surface area contributed by atoms with Crippen molar-refractivity contribution >= 4 is 8.32 Å². The molecular weight excluding hydrogens is 518 g/mol. The number of benzene rings is 2. The van der Waals surface area contributed by atoms with Gasteiger partial charge in [0.25, 0.3) is 0 Å². The number of hydrogen-bond donors (Lipinski definition) is 0. The molecule has 3 aromatic rings. The molecule has 2 aromatic carbocycles. The lowest BCUT2D eigenvalue weighted by Gasteiger charge is -2.53. The van der Waals surface area contributed by atoms with Crippen LogP contribution >= 0.6 is 0 Å². The van der Waals surface area contributed by atoms with Gasteiger partial charge in [-0.05, 0) is 58.9 Å². The van der Waals surface area contributed by atoms with Gasteiger partial charge in [0.05, 0.1) is 24.9 Å². The Kier molecular flexibility index (Phi) is 8.59. The first-order valence-corrected chi connectivity index (χ1v) is 17.4. The fourth-order valence-corrected chi connectivity index (χ4v) is 7.76. The Morgan fingerprint density at radius 1 is 0.975 bits per heavy atom. The van der Waals surface area contributed by atoms with Crippen LogP contribution in [0.3, 0.4) is 0 Å². The predicted octanol–water partition coefficient (Wildman–Crippen LogP) is 5.73.